The van der Waals surface area contributed by atoms with Crippen LogP contribution in [0.3, 0.4) is 0 Å². The van der Waals surface area contributed by atoms with Gasteiger partial charge < -0.3 is 9.88 Å². The van der Waals surface area contributed by atoms with E-state index < -0.39 is 0 Å². The minimum atomic E-state index is 0.364. The van der Waals surface area contributed by atoms with Gasteiger partial charge in [0.2, 0.25) is 0 Å². The van der Waals surface area contributed by atoms with Crippen LogP contribution < -0.4 is 0 Å². The van der Waals surface area contributed by atoms with Crippen LogP contribution in [0.15, 0.2) is 0 Å². The van der Waals surface area contributed by atoms with Gasteiger partial charge in [-0.05, 0) is 52.5 Å². The van der Waals surface area contributed by atoms with Crippen molar-refractivity contribution in [3.05, 3.63) is 10.5 Å². The highest BCUT2D eigenvalue weighted by molar-refractivity contribution is 7.71. The first-order valence-corrected chi connectivity index (χ1v) is 8.08. The number of hydrogen-bond acceptors (Lipinski definition) is 3. The second kappa shape index (κ2) is 6.32. The van der Waals surface area contributed by atoms with Crippen molar-refractivity contribution in [3.63, 3.8) is 0 Å². The van der Waals surface area contributed by atoms with Gasteiger partial charge in [0.25, 0.3) is 0 Å². The molecule has 2 aromatic heterocycles. The second-order valence-corrected chi connectivity index (χ2v) is 6.83. The molecule has 2 aromatic rings. The number of H-pyrrole nitrogens is 1. The van der Waals surface area contributed by atoms with E-state index in [0.29, 0.717) is 12.0 Å². The molecule has 0 saturated heterocycles. The third-order valence-electron chi connectivity index (χ3n) is 3.76. The molecule has 1 N–H and O–H groups in total. The predicted octanol–water partition coefficient (Wildman–Crippen LogP) is 3.37. The number of fused-ring (bicyclic) bond motifs is 1. The largest absolute Gasteiger partial charge is 0.328 e. The van der Waals surface area contributed by atoms with Gasteiger partial charge in [0.15, 0.2) is 10.4 Å². The Labute approximate surface area is 131 Å². The topological polar surface area (TPSA) is 41.8 Å². The molecule has 0 aliphatic rings. The molecule has 0 fully saturated rings. The molecule has 0 amide bonds. The summed E-state index contributed by atoms with van der Waals surface area (Å²) in [7, 11) is 4.23. The van der Waals surface area contributed by atoms with E-state index in [0.717, 1.165) is 41.1 Å². The SMILES string of the molecule is CCn1nc(C)c2[nH]c(=S)n(C(CC(C)C)CN(C)C)c21. The number of aryl methyl sites for hydroxylation is 2. The van der Waals surface area contributed by atoms with Crippen molar-refractivity contribution in [3.8, 4) is 0 Å². The predicted molar refractivity (Wildman–Crippen MR) is 90.4 cm³/mol. The average Bonchev–Trinajstić information content (AvgIpc) is 2.84. The number of nitrogens with zero attached hydrogens (tertiary/aromatic N) is 4. The summed E-state index contributed by atoms with van der Waals surface area (Å²) in [5.74, 6) is 0.626. The lowest BCUT2D eigenvalue weighted by atomic mass is 10.0. The van der Waals surface area contributed by atoms with E-state index in [9.17, 15) is 0 Å². The Balaban J connectivity index is 2.60. The lowest BCUT2D eigenvalue weighted by Gasteiger charge is -2.25. The monoisotopic (exact) mass is 309 g/mol. The fourth-order valence-corrected chi connectivity index (χ4v) is 3.35. The summed E-state index contributed by atoms with van der Waals surface area (Å²) >= 11 is 5.60. The van der Waals surface area contributed by atoms with Gasteiger partial charge in [-0.2, -0.15) is 5.10 Å². The summed E-state index contributed by atoms with van der Waals surface area (Å²) < 4.78 is 5.13. The Morgan fingerprint density at radius 2 is 2.00 bits per heavy atom. The van der Waals surface area contributed by atoms with Crippen molar-refractivity contribution in [2.45, 2.75) is 46.7 Å². The third-order valence-corrected chi connectivity index (χ3v) is 4.06. The van der Waals surface area contributed by atoms with Crippen molar-refractivity contribution in [2.24, 2.45) is 5.92 Å². The Morgan fingerprint density at radius 1 is 1.33 bits per heavy atom. The van der Waals surface area contributed by atoms with Crippen LogP contribution in [0, 0.1) is 17.6 Å². The van der Waals surface area contributed by atoms with E-state index in [1.54, 1.807) is 0 Å². The molecule has 1 atom stereocenters. The number of likely N-dealkylation sites (N-methyl/N-ethyl adjacent to an activating group) is 1. The quantitative estimate of drug-likeness (QED) is 0.832. The molecule has 0 aliphatic carbocycles. The van der Waals surface area contributed by atoms with Crippen LogP contribution in [-0.2, 0) is 6.54 Å². The molecule has 0 saturated carbocycles. The standard InChI is InChI=1S/C15H27N5S/c1-7-19-14-13(11(4)17-19)16-15(21)20(14)12(8-10(2)3)9-18(5)6/h10,12H,7-9H2,1-6H3,(H,16,21). The molecule has 6 heteroatoms. The van der Waals surface area contributed by atoms with E-state index >= 15 is 0 Å². The maximum atomic E-state index is 5.60. The van der Waals surface area contributed by atoms with Gasteiger partial charge in [-0.25, -0.2) is 4.68 Å². The molecule has 0 aromatic carbocycles. The highest BCUT2D eigenvalue weighted by atomic mass is 32.1. The Hall–Kier alpha value is -1.14. The minimum absolute atomic E-state index is 0.364. The molecule has 0 spiro atoms. The zero-order valence-corrected chi connectivity index (χ0v) is 14.8. The third kappa shape index (κ3) is 3.21. The molecule has 2 heterocycles. The Morgan fingerprint density at radius 3 is 2.52 bits per heavy atom. The number of nitrogens with one attached hydrogen (secondary N) is 1. The van der Waals surface area contributed by atoms with Crippen LogP contribution >= 0.6 is 12.2 Å². The summed E-state index contributed by atoms with van der Waals surface area (Å²) in [5, 5.41) is 4.62. The van der Waals surface area contributed by atoms with Gasteiger partial charge in [-0.1, -0.05) is 13.8 Å². The Bertz CT molecular complexity index is 651. The van der Waals surface area contributed by atoms with Crippen molar-refractivity contribution in [2.75, 3.05) is 20.6 Å². The van der Waals surface area contributed by atoms with Crippen molar-refractivity contribution < 1.29 is 0 Å². The summed E-state index contributed by atoms with van der Waals surface area (Å²) in [6.07, 6.45) is 1.10. The van der Waals surface area contributed by atoms with E-state index in [2.05, 4.69) is 59.1 Å². The molecule has 5 nitrogen and oxygen atoms in total. The molecule has 0 radical (unpaired) electrons. The number of rotatable bonds is 6. The number of aromatic nitrogens is 4. The average molecular weight is 309 g/mol. The smallest absolute Gasteiger partial charge is 0.179 e. The fourth-order valence-electron chi connectivity index (χ4n) is 3.01. The zero-order valence-electron chi connectivity index (χ0n) is 14.0. The van der Waals surface area contributed by atoms with Crippen LogP contribution in [-0.4, -0.2) is 44.9 Å². The lowest BCUT2D eigenvalue weighted by Crippen LogP contribution is -2.26. The Kier molecular flexibility index (Phi) is 4.88. The van der Waals surface area contributed by atoms with Crippen molar-refractivity contribution in [1.82, 2.24) is 24.2 Å². The molecule has 2 rings (SSSR count). The van der Waals surface area contributed by atoms with E-state index in [-0.39, 0.29) is 0 Å². The van der Waals surface area contributed by atoms with Crippen LogP contribution in [0.2, 0.25) is 0 Å². The fraction of sp³-hybridized carbons (Fsp3) is 0.733. The highest BCUT2D eigenvalue weighted by Gasteiger charge is 2.21. The molecule has 0 bridgehead atoms. The van der Waals surface area contributed by atoms with Gasteiger partial charge in [0.1, 0.15) is 5.52 Å². The van der Waals surface area contributed by atoms with E-state index in [1.807, 2.05) is 6.92 Å². The van der Waals surface area contributed by atoms with E-state index in [1.165, 1.54) is 0 Å². The van der Waals surface area contributed by atoms with Crippen LogP contribution in [0.4, 0.5) is 0 Å². The second-order valence-electron chi connectivity index (χ2n) is 6.45. The van der Waals surface area contributed by atoms with Gasteiger partial charge in [0, 0.05) is 13.1 Å². The van der Waals surface area contributed by atoms with Crippen molar-refractivity contribution in [1.29, 1.82) is 0 Å². The molecular formula is C15H27N5S. The van der Waals surface area contributed by atoms with Crippen LogP contribution in [0.1, 0.15) is 38.9 Å². The number of imidazole rings is 1. The van der Waals surface area contributed by atoms with Gasteiger partial charge in [-0.15, -0.1) is 0 Å². The number of hydrogen-bond donors (Lipinski definition) is 1. The van der Waals surface area contributed by atoms with E-state index in [4.69, 9.17) is 12.2 Å². The lowest BCUT2D eigenvalue weighted by molar-refractivity contribution is 0.289. The normalized spacial score (nSPS) is 13.7. The maximum Gasteiger partial charge on any atom is 0.179 e. The first-order chi connectivity index (χ1) is 9.85. The van der Waals surface area contributed by atoms with Crippen LogP contribution in [0.25, 0.3) is 11.2 Å². The molecule has 0 aliphatic heterocycles. The van der Waals surface area contributed by atoms with Gasteiger partial charge >= 0.3 is 0 Å². The number of aromatic amines is 1. The summed E-state index contributed by atoms with van der Waals surface area (Å²) in [4.78, 5) is 5.58. The van der Waals surface area contributed by atoms with Gasteiger partial charge in [0.05, 0.1) is 11.7 Å². The summed E-state index contributed by atoms with van der Waals surface area (Å²) in [6.45, 7) is 10.5. The van der Waals surface area contributed by atoms with Crippen LogP contribution in [0.5, 0.6) is 0 Å². The first kappa shape index (κ1) is 16.2. The molecule has 21 heavy (non-hydrogen) atoms. The zero-order chi connectivity index (χ0) is 15.7. The molecule has 1 unspecified atom stereocenters. The molecular weight excluding hydrogens is 282 g/mol. The summed E-state index contributed by atoms with van der Waals surface area (Å²) in [6, 6.07) is 0.364. The minimum Gasteiger partial charge on any atom is -0.328 e. The molecule has 118 valence electrons. The summed E-state index contributed by atoms with van der Waals surface area (Å²) in [5.41, 5.74) is 3.23. The van der Waals surface area contributed by atoms with Crippen molar-refractivity contribution >= 4 is 23.4 Å². The first-order valence-electron chi connectivity index (χ1n) is 7.67. The van der Waals surface area contributed by atoms with Gasteiger partial charge in [-0.3, -0.25) is 4.57 Å². The highest BCUT2D eigenvalue weighted by Crippen LogP contribution is 2.26. The maximum absolute atomic E-state index is 5.60.